The Hall–Kier alpha value is 0.310. The molecule has 5 unspecified atom stereocenters. The standard InChI is InChI=1S/C17H34B2O9P2/c1-8-16(6,13-11(20)12(21)14(18)26-13)28-29(19,23)17(7,9-2)10(3)27-30(24,25)15(4,5)22/h10-14,20-22H,8-9H2,1-7H3,(H,24,25)/t10?,11-,12+,13-,14+,16?,17?,29?/m0/s1. The zero-order valence-corrected chi connectivity index (χ0v) is 20.5. The highest BCUT2D eigenvalue weighted by atomic mass is 31.2. The summed E-state index contributed by atoms with van der Waals surface area (Å²) in [7, 11) is 3.20. The molecule has 1 heterocycles. The van der Waals surface area contributed by atoms with Crippen LogP contribution in [0.15, 0.2) is 0 Å². The highest BCUT2D eigenvalue weighted by Crippen LogP contribution is 2.65. The van der Waals surface area contributed by atoms with Crippen LogP contribution in [0, 0.1) is 0 Å². The molecule has 1 aliphatic rings. The molecule has 0 aliphatic carbocycles. The fraction of sp³-hybridized carbons (Fsp3) is 1.00. The van der Waals surface area contributed by atoms with Crippen molar-refractivity contribution in [3.63, 3.8) is 0 Å². The van der Waals surface area contributed by atoms with Gasteiger partial charge in [0.25, 0.3) is 0 Å². The van der Waals surface area contributed by atoms with Crippen molar-refractivity contribution in [3.8, 4) is 0 Å². The molecule has 4 N–H and O–H groups in total. The van der Waals surface area contributed by atoms with E-state index in [4.69, 9.17) is 29.2 Å². The van der Waals surface area contributed by atoms with Crippen LogP contribution in [0.2, 0.25) is 0 Å². The molecule has 9 nitrogen and oxygen atoms in total. The molecule has 0 aromatic heterocycles. The van der Waals surface area contributed by atoms with Gasteiger partial charge in [0, 0.05) is 6.00 Å². The number of aliphatic hydroxyl groups is 3. The van der Waals surface area contributed by atoms with Gasteiger partial charge in [-0.15, -0.1) is 0 Å². The Bertz CT molecular complexity index is 703. The molecule has 0 spiro atoms. The summed E-state index contributed by atoms with van der Waals surface area (Å²) in [5, 5.41) is 26.7. The lowest BCUT2D eigenvalue weighted by molar-refractivity contribution is -0.0985. The molecule has 13 heteroatoms. The summed E-state index contributed by atoms with van der Waals surface area (Å²) in [6.45, 7) is 10.1. The number of rotatable bonds is 10. The van der Waals surface area contributed by atoms with Crippen molar-refractivity contribution in [2.24, 2.45) is 0 Å². The van der Waals surface area contributed by atoms with Gasteiger partial charge in [-0.3, -0.25) is 4.57 Å². The normalized spacial score (nSPS) is 34.4. The predicted molar refractivity (Wildman–Crippen MR) is 115 cm³/mol. The Balaban J connectivity index is 3.24. The highest BCUT2D eigenvalue weighted by molar-refractivity contribution is 7.84. The van der Waals surface area contributed by atoms with E-state index in [-0.39, 0.29) is 12.8 Å². The minimum atomic E-state index is -4.51. The first-order chi connectivity index (χ1) is 13.3. The van der Waals surface area contributed by atoms with Gasteiger partial charge in [-0.2, -0.15) is 0 Å². The molecule has 4 radical (unpaired) electrons. The Labute approximate surface area is 181 Å². The molecule has 30 heavy (non-hydrogen) atoms. The average molecular weight is 466 g/mol. The van der Waals surface area contributed by atoms with Gasteiger partial charge >= 0.3 is 7.60 Å². The Kier molecular flexibility index (Phi) is 8.77. The molecule has 0 amide bonds. The topological polar surface area (TPSA) is 143 Å². The number of ether oxygens (including phenoxy) is 1. The molecule has 1 fully saturated rings. The van der Waals surface area contributed by atoms with Gasteiger partial charge in [-0.1, -0.05) is 13.8 Å². The zero-order chi connectivity index (χ0) is 23.9. The summed E-state index contributed by atoms with van der Waals surface area (Å²) in [5.74, 6) is 0. The van der Waals surface area contributed by atoms with E-state index in [0.717, 1.165) is 13.8 Å². The van der Waals surface area contributed by atoms with Gasteiger partial charge < -0.3 is 38.6 Å². The molecule has 9 atom stereocenters. The van der Waals surface area contributed by atoms with Crippen LogP contribution in [0.3, 0.4) is 0 Å². The summed E-state index contributed by atoms with van der Waals surface area (Å²) in [4.78, 5) is 10.1. The fourth-order valence-corrected chi connectivity index (χ4v) is 6.22. The van der Waals surface area contributed by atoms with Crippen LogP contribution in [0.1, 0.15) is 61.3 Å². The molecule has 1 aliphatic heterocycles. The summed E-state index contributed by atoms with van der Waals surface area (Å²) in [6, 6.07) is -1.15. The SMILES string of the molecule is [B][C@@H]1O[C@H](C(C)(CC)OP([B])(=O)C(C)(CC)C(C)OP(=O)(O)C(C)(C)O)[C@@H](O)[C@H]1O. The fourth-order valence-electron chi connectivity index (χ4n) is 3.16. The zero-order valence-electron chi connectivity index (χ0n) is 18.7. The molecule has 0 bridgehead atoms. The first-order valence-corrected chi connectivity index (χ1v) is 13.2. The van der Waals surface area contributed by atoms with Gasteiger partial charge in [0.15, 0.2) is 12.6 Å². The van der Waals surface area contributed by atoms with E-state index < -0.39 is 61.4 Å². The molecule has 1 saturated heterocycles. The van der Waals surface area contributed by atoms with Crippen LogP contribution in [-0.4, -0.2) is 82.1 Å². The van der Waals surface area contributed by atoms with Gasteiger partial charge in [0.05, 0.1) is 17.4 Å². The van der Waals surface area contributed by atoms with Crippen molar-refractivity contribution in [2.75, 3.05) is 0 Å². The van der Waals surface area contributed by atoms with Crippen molar-refractivity contribution in [1.82, 2.24) is 0 Å². The second kappa shape index (κ2) is 9.28. The number of hydrogen-bond acceptors (Lipinski definition) is 8. The van der Waals surface area contributed by atoms with Crippen LogP contribution in [0.25, 0.3) is 0 Å². The molecule has 0 aromatic carbocycles. The maximum absolute atomic E-state index is 13.7. The lowest BCUT2D eigenvalue weighted by Gasteiger charge is -2.46. The van der Waals surface area contributed by atoms with E-state index in [1.807, 2.05) is 0 Å². The van der Waals surface area contributed by atoms with E-state index in [2.05, 4.69) is 0 Å². The molecular weight excluding hydrogens is 432 g/mol. The third-order valence-corrected chi connectivity index (χ3v) is 11.0. The van der Waals surface area contributed by atoms with Crippen LogP contribution in [-0.2, 0) is 22.9 Å². The maximum atomic E-state index is 13.7. The molecule has 1 rings (SSSR count). The average Bonchev–Trinajstić information content (AvgIpc) is 2.86. The molecular formula is C17H34B2O9P2. The monoisotopic (exact) mass is 466 g/mol. The Morgan fingerprint density at radius 1 is 1.10 bits per heavy atom. The maximum Gasteiger partial charge on any atom is 0.359 e. The Morgan fingerprint density at radius 3 is 1.93 bits per heavy atom. The number of hydrogen-bond donors (Lipinski definition) is 4. The summed E-state index contributed by atoms with van der Waals surface area (Å²) in [5.41, 5.74) is -1.39. The van der Waals surface area contributed by atoms with Crippen molar-refractivity contribution >= 4 is 30.3 Å². The summed E-state index contributed by atoms with van der Waals surface area (Å²) < 4.78 is 42.7. The van der Waals surface area contributed by atoms with E-state index in [1.54, 1.807) is 13.8 Å². The minimum Gasteiger partial charge on any atom is -0.388 e. The van der Waals surface area contributed by atoms with Crippen molar-refractivity contribution in [3.05, 3.63) is 0 Å². The van der Waals surface area contributed by atoms with Gasteiger partial charge in [0.2, 0.25) is 7.57 Å². The van der Waals surface area contributed by atoms with E-state index in [0.29, 0.717) is 0 Å². The molecule has 172 valence electrons. The first-order valence-electron chi connectivity index (χ1n) is 9.90. The van der Waals surface area contributed by atoms with E-state index in [1.165, 1.54) is 20.8 Å². The lowest BCUT2D eigenvalue weighted by atomic mass is 9.88. The molecule has 0 aromatic rings. The quantitative estimate of drug-likeness (QED) is 0.279. The van der Waals surface area contributed by atoms with Gasteiger partial charge in [-0.25, -0.2) is 0 Å². The minimum absolute atomic E-state index is 0.143. The third-order valence-electron chi connectivity index (χ3n) is 6.24. The summed E-state index contributed by atoms with van der Waals surface area (Å²) in [6.07, 6.45) is -4.66. The van der Waals surface area contributed by atoms with Crippen LogP contribution >= 0.6 is 14.8 Å². The van der Waals surface area contributed by atoms with Crippen LogP contribution in [0.4, 0.5) is 0 Å². The lowest BCUT2D eigenvalue weighted by Crippen LogP contribution is -2.50. The second-order valence-electron chi connectivity index (χ2n) is 8.83. The second-order valence-corrected chi connectivity index (χ2v) is 13.6. The van der Waals surface area contributed by atoms with Gasteiger partial charge in [-0.05, 0) is 47.5 Å². The van der Waals surface area contributed by atoms with Crippen molar-refractivity contribution < 1.29 is 43.1 Å². The highest BCUT2D eigenvalue weighted by Gasteiger charge is 2.56. The third kappa shape index (κ3) is 5.27. The van der Waals surface area contributed by atoms with E-state index >= 15 is 0 Å². The first kappa shape index (κ1) is 28.3. The molecule has 0 saturated carbocycles. The largest absolute Gasteiger partial charge is 0.388 e. The van der Waals surface area contributed by atoms with E-state index in [9.17, 15) is 29.3 Å². The number of aliphatic hydroxyl groups excluding tert-OH is 2. The summed E-state index contributed by atoms with van der Waals surface area (Å²) >= 11 is 0. The van der Waals surface area contributed by atoms with Crippen LogP contribution < -0.4 is 0 Å². The van der Waals surface area contributed by atoms with Crippen LogP contribution in [0.5, 0.6) is 0 Å². The van der Waals surface area contributed by atoms with Gasteiger partial charge in [0.1, 0.15) is 25.7 Å². The predicted octanol–water partition coefficient (Wildman–Crippen LogP) is 1.64. The smallest absolute Gasteiger partial charge is 0.359 e. The van der Waals surface area contributed by atoms with Crippen molar-refractivity contribution in [2.45, 2.75) is 108 Å². The van der Waals surface area contributed by atoms with Crippen molar-refractivity contribution in [1.29, 1.82) is 0 Å². The Morgan fingerprint density at radius 2 is 1.60 bits per heavy atom.